The fraction of sp³-hybridized carbons (Fsp3) is 0.800. The van der Waals surface area contributed by atoms with Gasteiger partial charge in [0.1, 0.15) is 6.61 Å². The van der Waals surface area contributed by atoms with Gasteiger partial charge in [0, 0.05) is 0 Å². The lowest BCUT2D eigenvalue weighted by molar-refractivity contribution is -0.142. The van der Waals surface area contributed by atoms with Crippen molar-refractivity contribution in [1.29, 1.82) is 0 Å². The van der Waals surface area contributed by atoms with Gasteiger partial charge >= 0.3 is 5.97 Å². The molecule has 0 atom stereocenters. The Morgan fingerprint density at radius 2 is 1.29 bits per heavy atom. The number of hydrogen-bond donors (Lipinski definition) is 0. The minimum atomic E-state index is -3.92. The maximum absolute atomic E-state index is 11.3. The second-order valence-electron chi connectivity index (χ2n) is 4.03. The van der Waals surface area contributed by atoms with Crippen LogP contribution in [-0.4, -0.2) is 60.4 Å². The Morgan fingerprint density at radius 3 is 1.67 bits per heavy atom. The molecule has 0 heterocycles. The Labute approximate surface area is 123 Å². The summed E-state index contributed by atoms with van der Waals surface area (Å²) in [6.07, 6.45) is 0.0211. The first kappa shape index (κ1) is 20.0. The topological polar surface area (TPSA) is 130 Å². The monoisotopic (exact) mass is 346 g/mol. The molecule has 0 aromatic carbocycles. The van der Waals surface area contributed by atoms with E-state index < -0.39 is 56.7 Å². The van der Waals surface area contributed by atoms with E-state index in [1.165, 1.54) is 6.92 Å². The summed E-state index contributed by atoms with van der Waals surface area (Å²) >= 11 is 0. The maximum atomic E-state index is 11.3. The van der Waals surface area contributed by atoms with Crippen molar-refractivity contribution in [3.63, 3.8) is 0 Å². The average Bonchev–Trinajstić information content (AvgIpc) is 2.39. The van der Waals surface area contributed by atoms with Crippen LogP contribution < -0.4 is 0 Å². The minimum absolute atomic E-state index is 0.00612. The number of hydrogen-bond acceptors (Lipinski definition) is 9. The molecule has 0 aliphatic carbocycles. The van der Waals surface area contributed by atoms with Crippen LogP contribution in [-0.2, 0) is 42.9 Å². The van der Waals surface area contributed by atoms with Crippen LogP contribution in [0.5, 0.6) is 0 Å². The van der Waals surface area contributed by atoms with E-state index in [0.717, 1.165) is 7.11 Å². The molecule has 0 aromatic rings. The minimum Gasteiger partial charge on any atom is -0.467 e. The van der Waals surface area contributed by atoms with Gasteiger partial charge in [0.25, 0.3) is 20.2 Å². The maximum Gasteiger partial charge on any atom is 0.333 e. The lowest BCUT2D eigenvalue weighted by atomic mass is 10.4. The van der Waals surface area contributed by atoms with Crippen molar-refractivity contribution in [2.75, 3.05) is 31.8 Å². The standard InChI is InChI=1S/C10H18O9S2/c1-9(11)7-18-20(13,14)5-3-4-6-21(15,16)19-8-10(12)17-2/h3-8H2,1-2H3. The summed E-state index contributed by atoms with van der Waals surface area (Å²) in [7, 11) is -6.69. The van der Waals surface area contributed by atoms with Crippen molar-refractivity contribution in [2.45, 2.75) is 19.8 Å². The highest BCUT2D eigenvalue weighted by Crippen LogP contribution is 2.04. The Balaban J connectivity index is 4.03. The molecule has 0 bridgehead atoms. The van der Waals surface area contributed by atoms with E-state index in [-0.39, 0.29) is 12.8 Å². The van der Waals surface area contributed by atoms with Crippen LogP contribution in [0.25, 0.3) is 0 Å². The van der Waals surface area contributed by atoms with Crippen LogP contribution in [0, 0.1) is 0 Å². The summed E-state index contributed by atoms with van der Waals surface area (Å²) in [4.78, 5) is 21.3. The van der Waals surface area contributed by atoms with Crippen molar-refractivity contribution in [1.82, 2.24) is 0 Å². The van der Waals surface area contributed by atoms with Gasteiger partial charge in [0.2, 0.25) is 0 Å². The number of methoxy groups -OCH3 is 1. The van der Waals surface area contributed by atoms with Crippen LogP contribution in [0.3, 0.4) is 0 Å². The summed E-state index contributed by atoms with van der Waals surface area (Å²) in [5, 5.41) is 0. The predicted molar refractivity (Wildman–Crippen MR) is 71.4 cm³/mol. The SMILES string of the molecule is COC(=O)COS(=O)(=O)CCCCS(=O)(=O)OCC(C)=O. The molecule has 11 heteroatoms. The van der Waals surface area contributed by atoms with Crippen molar-refractivity contribution in [2.24, 2.45) is 0 Å². The van der Waals surface area contributed by atoms with Crippen molar-refractivity contribution in [3.8, 4) is 0 Å². The van der Waals surface area contributed by atoms with Gasteiger partial charge in [-0.3, -0.25) is 13.2 Å². The predicted octanol–water partition coefficient (Wildman–Crippen LogP) is -0.779. The first-order valence-electron chi connectivity index (χ1n) is 5.88. The Hall–Kier alpha value is -1.04. The van der Waals surface area contributed by atoms with Crippen LogP contribution in [0.15, 0.2) is 0 Å². The largest absolute Gasteiger partial charge is 0.467 e. The van der Waals surface area contributed by atoms with Crippen LogP contribution in [0.1, 0.15) is 19.8 Å². The van der Waals surface area contributed by atoms with Gasteiger partial charge in [-0.25, -0.2) is 4.79 Å². The Morgan fingerprint density at radius 1 is 0.857 bits per heavy atom. The zero-order valence-corrected chi connectivity index (χ0v) is 13.4. The molecular formula is C10H18O9S2. The van der Waals surface area contributed by atoms with Crippen LogP contribution in [0.2, 0.25) is 0 Å². The molecule has 9 nitrogen and oxygen atoms in total. The molecule has 124 valence electrons. The molecule has 0 N–H and O–H groups in total. The first-order valence-corrected chi connectivity index (χ1v) is 9.04. The summed E-state index contributed by atoms with van der Waals surface area (Å²) in [6.45, 7) is -0.0809. The third-order valence-corrected chi connectivity index (χ3v) is 4.60. The summed E-state index contributed by atoms with van der Waals surface area (Å²) < 4.78 is 58.2. The number of unbranched alkanes of at least 4 members (excludes halogenated alkanes) is 1. The molecule has 21 heavy (non-hydrogen) atoms. The number of ether oxygens (including phenoxy) is 1. The summed E-state index contributed by atoms with van der Waals surface area (Å²) in [5.74, 6) is -2.12. The van der Waals surface area contributed by atoms with E-state index in [1.54, 1.807) is 0 Å². The van der Waals surface area contributed by atoms with Gasteiger partial charge in [-0.15, -0.1) is 0 Å². The Kier molecular flexibility index (Phi) is 8.63. The van der Waals surface area contributed by atoms with E-state index in [9.17, 15) is 26.4 Å². The van der Waals surface area contributed by atoms with Gasteiger partial charge in [-0.05, 0) is 19.8 Å². The average molecular weight is 346 g/mol. The van der Waals surface area contributed by atoms with Gasteiger partial charge in [0.05, 0.1) is 18.6 Å². The summed E-state index contributed by atoms with van der Waals surface area (Å²) in [5.41, 5.74) is 0. The molecule has 0 saturated carbocycles. The molecule has 0 rings (SSSR count). The molecule has 0 spiro atoms. The fourth-order valence-electron chi connectivity index (χ4n) is 1.05. The Bertz CT molecular complexity index is 547. The van der Waals surface area contributed by atoms with E-state index in [2.05, 4.69) is 13.1 Å². The second kappa shape index (κ2) is 9.07. The van der Waals surface area contributed by atoms with Gasteiger partial charge < -0.3 is 4.74 Å². The molecule has 0 saturated heterocycles. The van der Waals surface area contributed by atoms with E-state index in [0.29, 0.717) is 0 Å². The molecule has 0 amide bonds. The molecule has 0 unspecified atom stereocenters. The smallest absolute Gasteiger partial charge is 0.333 e. The fourth-order valence-corrected chi connectivity index (χ4v) is 3.02. The van der Waals surface area contributed by atoms with Crippen molar-refractivity contribution in [3.05, 3.63) is 0 Å². The number of Topliss-reactive ketones (excluding diaryl/α,β-unsaturated/α-hetero) is 1. The molecule has 0 fully saturated rings. The number of carbonyl (C=O) groups excluding carboxylic acids is 2. The molecule has 0 aliphatic heterocycles. The van der Waals surface area contributed by atoms with Crippen LogP contribution in [0.4, 0.5) is 0 Å². The number of rotatable bonds is 11. The highest BCUT2D eigenvalue weighted by atomic mass is 32.2. The zero-order valence-electron chi connectivity index (χ0n) is 11.7. The summed E-state index contributed by atoms with van der Waals surface area (Å²) in [6, 6.07) is 0. The first-order chi connectivity index (χ1) is 9.58. The second-order valence-corrected chi connectivity index (χ2v) is 7.55. The molecule has 0 aromatic heterocycles. The molecular weight excluding hydrogens is 328 g/mol. The van der Waals surface area contributed by atoms with Crippen molar-refractivity contribution >= 4 is 32.0 Å². The third-order valence-electron chi connectivity index (χ3n) is 2.06. The van der Waals surface area contributed by atoms with Crippen LogP contribution >= 0.6 is 0 Å². The van der Waals surface area contributed by atoms with E-state index >= 15 is 0 Å². The quantitative estimate of drug-likeness (QED) is 0.268. The normalized spacial score (nSPS) is 12.1. The van der Waals surface area contributed by atoms with Gasteiger partial charge in [-0.2, -0.15) is 16.8 Å². The van der Waals surface area contributed by atoms with E-state index in [4.69, 9.17) is 0 Å². The number of esters is 1. The molecule has 0 radical (unpaired) electrons. The van der Waals surface area contributed by atoms with Gasteiger partial charge in [-0.1, -0.05) is 0 Å². The molecule has 0 aliphatic rings. The van der Waals surface area contributed by atoms with E-state index in [1.807, 2.05) is 0 Å². The lowest BCUT2D eigenvalue weighted by Gasteiger charge is -2.05. The lowest BCUT2D eigenvalue weighted by Crippen LogP contribution is -2.19. The zero-order chi connectivity index (χ0) is 16.5. The highest BCUT2D eigenvalue weighted by Gasteiger charge is 2.16. The van der Waals surface area contributed by atoms with Crippen molar-refractivity contribution < 1.29 is 39.5 Å². The number of carbonyl (C=O) groups is 2. The third kappa shape index (κ3) is 11.3. The van der Waals surface area contributed by atoms with Gasteiger partial charge in [0.15, 0.2) is 12.4 Å². The highest BCUT2D eigenvalue weighted by molar-refractivity contribution is 7.87. The number of ketones is 1.